The predicted molar refractivity (Wildman–Crippen MR) is 61.3 cm³/mol. The highest BCUT2D eigenvalue weighted by Crippen LogP contribution is 2.33. The van der Waals surface area contributed by atoms with Crippen LogP contribution in [0, 0.1) is 0 Å². The van der Waals surface area contributed by atoms with Gasteiger partial charge in [-0.1, -0.05) is 22.0 Å². The zero-order valence-corrected chi connectivity index (χ0v) is 10.4. The van der Waals surface area contributed by atoms with E-state index in [1.165, 1.54) is 20.3 Å². The Labute approximate surface area is 102 Å². The number of hydrogen-bond acceptors (Lipinski definition) is 4. The van der Waals surface area contributed by atoms with Crippen LogP contribution in [0.25, 0.3) is 6.08 Å². The predicted octanol–water partition coefficient (Wildman–Crippen LogP) is 1.23. The minimum Gasteiger partial charge on any atom is -0.545 e. The summed E-state index contributed by atoms with van der Waals surface area (Å²) >= 11 is 3.30. The fourth-order valence-corrected chi connectivity index (χ4v) is 1.61. The number of carbonyl (C=O) groups excluding carboxylic acids is 1. The summed E-state index contributed by atoms with van der Waals surface area (Å²) < 4.78 is 10.9. The van der Waals surface area contributed by atoms with E-state index in [0.717, 1.165) is 6.08 Å². The topological polar surface area (TPSA) is 58.6 Å². The number of aliphatic carboxylic acids is 1. The summed E-state index contributed by atoms with van der Waals surface area (Å²) in [6.45, 7) is 0. The highest BCUT2D eigenvalue weighted by Gasteiger charge is 2.07. The van der Waals surface area contributed by atoms with Crippen molar-refractivity contribution in [3.8, 4) is 11.5 Å². The van der Waals surface area contributed by atoms with Crippen LogP contribution in [0.15, 0.2) is 22.7 Å². The summed E-state index contributed by atoms with van der Waals surface area (Å²) in [6, 6.07) is 3.37. The maximum Gasteiger partial charge on any atom is 0.161 e. The fraction of sp³-hybridized carbons (Fsp3) is 0.182. The monoisotopic (exact) mass is 285 g/mol. The summed E-state index contributed by atoms with van der Waals surface area (Å²) in [4.78, 5) is 10.3. The van der Waals surface area contributed by atoms with Crippen molar-refractivity contribution < 1.29 is 19.4 Å². The molecule has 0 saturated heterocycles. The van der Waals surface area contributed by atoms with Crippen LogP contribution in [0.4, 0.5) is 0 Å². The van der Waals surface area contributed by atoms with Crippen molar-refractivity contribution in [3.05, 3.63) is 28.2 Å². The maximum absolute atomic E-state index is 10.3. The van der Waals surface area contributed by atoms with Crippen molar-refractivity contribution in [1.82, 2.24) is 0 Å². The summed E-state index contributed by atoms with van der Waals surface area (Å²) in [5, 5.41) is 10.3. The van der Waals surface area contributed by atoms with E-state index >= 15 is 0 Å². The van der Waals surface area contributed by atoms with E-state index in [1.807, 2.05) is 0 Å². The highest BCUT2D eigenvalue weighted by atomic mass is 79.9. The van der Waals surface area contributed by atoms with Crippen LogP contribution in [0.2, 0.25) is 0 Å². The second kappa shape index (κ2) is 5.55. The molecule has 86 valence electrons. The first kappa shape index (κ1) is 12.6. The van der Waals surface area contributed by atoms with Gasteiger partial charge in [0.25, 0.3) is 0 Å². The first-order valence-electron chi connectivity index (χ1n) is 4.39. The van der Waals surface area contributed by atoms with Gasteiger partial charge in [0.2, 0.25) is 0 Å². The number of ether oxygens (including phenoxy) is 2. The van der Waals surface area contributed by atoms with Gasteiger partial charge in [0.15, 0.2) is 11.5 Å². The molecule has 0 aromatic heterocycles. The standard InChI is InChI=1S/C11H11BrO4/c1-15-9-5-7(3-4-11(13)14)8(12)6-10(9)16-2/h3-6H,1-2H3,(H,13,14)/p-1/b4-3-. The largest absolute Gasteiger partial charge is 0.545 e. The van der Waals surface area contributed by atoms with E-state index in [0.29, 0.717) is 21.5 Å². The molecule has 0 heterocycles. The van der Waals surface area contributed by atoms with Gasteiger partial charge in [-0.15, -0.1) is 0 Å². The lowest BCUT2D eigenvalue weighted by atomic mass is 10.2. The highest BCUT2D eigenvalue weighted by molar-refractivity contribution is 9.10. The second-order valence-corrected chi connectivity index (χ2v) is 3.74. The van der Waals surface area contributed by atoms with Crippen molar-refractivity contribution in [2.75, 3.05) is 14.2 Å². The number of methoxy groups -OCH3 is 2. The number of carbonyl (C=O) groups is 1. The minimum absolute atomic E-state index is 0.531. The van der Waals surface area contributed by atoms with Crippen molar-refractivity contribution in [2.45, 2.75) is 0 Å². The van der Waals surface area contributed by atoms with Crippen molar-refractivity contribution >= 4 is 28.0 Å². The van der Waals surface area contributed by atoms with Gasteiger partial charge in [-0.3, -0.25) is 0 Å². The molecule has 5 heteroatoms. The van der Waals surface area contributed by atoms with Crippen molar-refractivity contribution in [2.24, 2.45) is 0 Å². The summed E-state index contributed by atoms with van der Waals surface area (Å²) in [5.41, 5.74) is 0.668. The molecule has 0 radical (unpaired) electrons. The molecule has 0 aliphatic heterocycles. The Hall–Kier alpha value is -1.49. The summed E-state index contributed by atoms with van der Waals surface area (Å²) in [7, 11) is 3.04. The molecule has 0 aliphatic carbocycles. The molecule has 0 aliphatic rings. The van der Waals surface area contributed by atoms with Gasteiger partial charge in [-0.05, 0) is 23.8 Å². The minimum atomic E-state index is -1.25. The van der Waals surface area contributed by atoms with E-state index in [-0.39, 0.29) is 0 Å². The molecule has 0 bridgehead atoms. The van der Waals surface area contributed by atoms with Gasteiger partial charge >= 0.3 is 0 Å². The van der Waals surface area contributed by atoms with Gasteiger partial charge in [-0.2, -0.15) is 0 Å². The molecule has 0 spiro atoms. The Morgan fingerprint density at radius 3 is 2.38 bits per heavy atom. The van der Waals surface area contributed by atoms with E-state index < -0.39 is 5.97 Å². The van der Waals surface area contributed by atoms with Gasteiger partial charge in [0.05, 0.1) is 20.2 Å². The molecule has 0 unspecified atom stereocenters. The summed E-state index contributed by atoms with van der Waals surface area (Å²) in [5.74, 6) is -0.148. The molecular weight excluding hydrogens is 276 g/mol. The number of benzene rings is 1. The van der Waals surface area contributed by atoms with Gasteiger partial charge in [0, 0.05) is 4.47 Å². The number of carboxylic acid groups (broad SMARTS) is 1. The number of carboxylic acids is 1. The lowest BCUT2D eigenvalue weighted by molar-refractivity contribution is -0.297. The molecule has 1 rings (SSSR count). The molecule has 0 fully saturated rings. The Bertz CT molecular complexity index is 426. The first-order valence-corrected chi connectivity index (χ1v) is 5.18. The lowest BCUT2D eigenvalue weighted by Gasteiger charge is -2.09. The normalized spacial score (nSPS) is 10.4. The van der Waals surface area contributed by atoms with E-state index in [9.17, 15) is 9.90 Å². The smallest absolute Gasteiger partial charge is 0.161 e. The van der Waals surface area contributed by atoms with Crippen molar-refractivity contribution in [1.29, 1.82) is 0 Å². The molecule has 0 N–H and O–H groups in total. The Morgan fingerprint density at radius 1 is 1.31 bits per heavy atom. The molecule has 0 atom stereocenters. The number of rotatable bonds is 4. The van der Waals surface area contributed by atoms with Crippen LogP contribution < -0.4 is 14.6 Å². The van der Waals surface area contributed by atoms with E-state index in [1.54, 1.807) is 12.1 Å². The van der Waals surface area contributed by atoms with Crippen LogP contribution >= 0.6 is 15.9 Å². The Morgan fingerprint density at radius 2 is 1.88 bits per heavy atom. The quantitative estimate of drug-likeness (QED) is 0.781. The lowest BCUT2D eigenvalue weighted by Crippen LogP contribution is -2.18. The maximum atomic E-state index is 10.3. The third-order valence-electron chi connectivity index (χ3n) is 1.90. The van der Waals surface area contributed by atoms with Gasteiger partial charge in [-0.25, -0.2) is 0 Å². The van der Waals surface area contributed by atoms with Gasteiger partial charge < -0.3 is 19.4 Å². The third kappa shape index (κ3) is 3.00. The molecule has 4 nitrogen and oxygen atoms in total. The Balaban J connectivity index is 3.16. The molecule has 1 aromatic rings. The first-order chi connectivity index (χ1) is 7.58. The molecule has 16 heavy (non-hydrogen) atoms. The average Bonchev–Trinajstić information content (AvgIpc) is 2.26. The Kier molecular flexibility index (Phi) is 4.37. The molecule has 0 amide bonds. The van der Waals surface area contributed by atoms with Crippen LogP contribution in [-0.2, 0) is 4.79 Å². The van der Waals surface area contributed by atoms with Crippen molar-refractivity contribution in [3.63, 3.8) is 0 Å². The molecular formula is C11H10BrO4-. The SMILES string of the molecule is COc1cc(Br)c(/C=C\C(=O)[O-])cc1OC. The zero-order valence-electron chi connectivity index (χ0n) is 8.82. The number of halogens is 1. The van der Waals surface area contributed by atoms with Crippen LogP contribution in [0.1, 0.15) is 5.56 Å². The second-order valence-electron chi connectivity index (χ2n) is 2.88. The van der Waals surface area contributed by atoms with Crippen LogP contribution in [0.3, 0.4) is 0 Å². The average molecular weight is 286 g/mol. The molecule has 1 aromatic carbocycles. The number of hydrogen-bond donors (Lipinski definition) is 0. The van der Waals surface area contributed by atoms with Gasteiger partial charge in [0.1, 0.15) is 0 Å². The van der Waals surface area contributed by atoms with Crippen LogP contribution in [0.5, 0.6) is 11.5 Å². The molecule has 0 saturated carbocycles. The zero-order chi connectivity index (χ0) is 12.1. The van der Waals surface area contributed by atoms with Crippen LogP contribution in [-0.4, -0.2) is 20.2 Å². The third-order valence-corrected chi connectivity index (χ3v) is 2.59. The summed E-state index contributed by atoms with van der Waals surface area (Å²) in [6.07, 6.45) is 2.37. The van der Waals surface area contributed by atoms with E-state index in [4.69, 9.17) is 9.47 Å². The van der Waals surface area contributed by atoms with E-state index in [2.05, 4.69) is 15.9 Å². The fourth-order valence-electron chi connectivity index (χ4n) is 1.16.